The van der Waals surface area contributed by atoms with E-state index in [1.807, 2.05) is 0 Å². The third-order valence-electron chi connectivity index (χ3n) is 12.8. The van der Waals surface area contributed by atoms with Crippen LogP contribution in [0.25, 0.3) is 71.7 Å². The van der Waals surface area contributed by atoms with E-state index < -0.39 is 0 Å². The zero-order valence-corrected chi connectivity index (χ0v) is 34.3. The van der Waals surface area contributed by atoms with Gasteiger partial charge < -0.3 is 9.47 Å². The summed E-state index contributed by atoms with van der Waals surface area (Å²) in [5.41, 5.74) is 14.8. The Labute approximate surface area is 358 Å². The van der Waals surface area contributed by atoms with E-state index in [2.05, 4.69) is 247 Å². The average Bonchev–Trinajstić information content (AvgIpc) is 3.67. The molecule has 1 aromatic heterocycles. The van der Waals surface area contributed by atoms with Gasteiger partial charge in [-0.05, 0) is 110 Å². The fourth-order valence-corrected chi connectivity index (χ4v) is 9.81. The number of allylic oxidation sites excluding steroid dienone is 4. The highest BCUT2D eigenvalue weighted by molar-refractivity contribution is 6.09. The van der Waals surface area contributed by atoms with Crippen LogP contribution in [0, 0.1) is 5.92 Å². The van der Waals surface area contributed by atoms with Gasteiger partial charge in [-0.25, -0.2) is 0 Å². The minimum atomic E-state index is 0.162. The molecule has 2 aliphatic rings. The summed E-state index contributed by atoms with van der Waals surface area (Å²) < 4.78 is 2.40. The van der Waals surface area contributed by atoms with Crippen LogP contribution in [-0.4, -0.2) is 16.7 Å². The number of fused-ring (bicyclic) bond motifs is 4. The van der Waals surface area contributed by atoms with E-state index >= 15 is 0 Å². The van der Waals surface area contributed by atoms with Crippen LogP contribution >= 0.6 is 0 Å². The van der Waals surface area contributed by atoms with Gasteiger partial charge in [-0.2, -0.15) is 0 Å². The first-order chi connectivity index (χ1) is 30.2. The van der Waals surface area contributed by atoms with E-state index in [0.717, 1.165) is 6.42 Å². The van der Waals surface area contributed by atoms with Gasteiger partial charge >= 0.3 is 0 Å². The smallest absolute Gasteiger partial charge is 0.0543 e. The number of nitrogens with zero attached hydrogens (tertiary/aromatic N) is 2. The minimum Gasteiger partial charge on any atom is -0.358 e. The van der Waals surface area contributed by atoms with Crippen LogP contribution < -0.4 is 4.90 Å². The Morgan fingerprint density at radius 3 is 1.85 bits per heavy atom. The van der Waals surface area contributed by atoms with Crippen molar-refractivity contribution in [2.75, 3.05) is 4.90 Å². The second kappa shape index (κ2) is 15.6. The molecule has 0 aliphatic heterocycles. The van der Waals surface area contributed by atoms with Crippen molar-refractivity contribution in [3.05, 3.63) is 242 Å². The summed E-state index contributed by atoms with van der Waals surface area (Å²) >= 11 is 0. The summed E-state index contributed by atoms with van der Waals surface area (Å²) in [5, 5.41) is 5.12. The quantitative estimate of drug-likeness (QED) is 0.149. The largest absolute Gasteiger partial charge is 0.358 e. The first kappa shape index (κ1) is 36.6. The lowest BCUT2D eigenvalue weighted by atomic mass is 9.85. The second-order valence-electron chi connectivity index (χ2n) is 16.5. The van der Waals surface area contributed by atoms with Crippen molar-refractivity contribution >= 4 is 49.4 Å². The van der Waals surface area contributed by atoms with Gasteiger partial charge in [-0.3, -0.25) is 0 Å². The predicted octanol–water partition coefficient (Wildman–Crippen LogP) is 15.1. The van der Waals surface area contributed by atoms with Crippen LogP contribution in [-0.2, 0) is 0 Å². The number of aromatic nitrogens is 1. The van der Waals surface area contributed by atoms with Gasteiger partial charge in [0.25, 0.3) is 0 Å². The van der Waals surface area contributed by atoms with Crippen LogP contribution in [0.1, 0.15) is 24.5 Å². The third kappa shape index (κ3) is 6.81. The standard InChI is InChI=1S/C59H46N2/c1-41-37-49(54-28-14-18-44-17-5-6-25-53(44)54)33-36-57(41)60(50-34-31-43(32-35-50)42-15-3-2-4-16-42)51-23-12-21-47(39-51)45-19-11-20-46(38-45)48-22-13-24-52(40-48)61-58-29-9-7-26-55(58)56-27-8-10-30-59(56)61/h2-22,24-41,51,57H,23H2,1H3. The van der Waals surface area contributed by atoms with Gasteiger partial charge in [0.15, 0.2) is 0 Å². The maximum Gasteiger partial charge on any atom is 0.0543 e. The third-order valence-corrected chi connectivity index (χ3v) is 12.8. The van der Waals surface area contributed by atoms with Crippen molar-refractivity contribution < 1.29 is 0 Å². The molecule has 0 N–H and O–H groups in total. The Morgan fingerprint density at radius 2 is 1.08 bits per heavy atom. The zero-order valence-electron chi connectivity index (χ0n) is 34.3. The van der Waals surface area contributed by atoms with Gasteiger partial charge in [0.1, 0.15) is 0 Å². The van der Waals surface area contributed by atoms with Crippen LogP contribution in [0.2, 0.25) is 0 Å². The Morgan fingerprint density at radius 1 is 0.475 bits per heavy atom. The first-order valence-electron chi connectivity index (χ1n) is 21.6. The molecule has 3 unspecified atom stereocenters. The second-order valence-corrected chi connectivity index (χ2v) is 16.5. The molecule has 0 amide bonds. The Hall–Kier alpha value is -7.42. The van der Waals surface area contributed by atoms with Crippen molar-refractivity contribution in [3.63, 3.8) is 0 Å². The molecule has 9 aromatic rings. The van der Waals surface area contributed by atoms with Crippen LogP contribution in [0.4, 0.5) is 5.69 Å². The summed E-state index contributed by atoms with van der Waals surface area (Å²) in [6.07, 6.45) is 15.4. The molecular formula is C59H46N2. The number of benzene rings is 8. The van der Waals surface area contributed by atoms with Crippen molar-refractivity contribution in [3.8, 4) is 27.9 Å². The van der Waals surface area contributed by atoms with Crippen molar-refractivity contribution in [2.45, 2.75) is 25.4 Å². The van der Waals surface area contributed by atoms with Gasteiger partial charge in [0, 0.05) is 22.1 Å². The predicted molar refractivity (Wildman–Crippen MR) is 260 cm³/mol. The zero-order chi connectivity index (χ0) is 40.7. The molecule has 0 fully saturated rings. The molecule has 2 nitrogen and oxygen atoms in total. The number of anilines is 1. The molecule has 0 radical (unpaired) electrons. The van der Waals surface area contributed by atoms with Crippen molar-refractivity contribution in [1.29, 1.82) is 0 Å². The molecule has 2 heteroatoms. The van der Waals surface area contributed by atoms with Crippen molar-refractivity contribution in [2.24, 2.45) is 5.92 Å². The Bertz CT molecular complexity index is 3140. The highest BCUT2D eigenvalue weighted by Gasteiger charge is 2.30. The number of hydrogen-bond donors (Lipinski definition) is 0. The monoisotopic (exact) mass is 782 g/mol. The molecule has 11 rings (SSSR count). The number of rotatable bonds is 8. The summed E-state index contributed by atoms with van der Waals surface area (Å²) in [7, 11) is 0. The van der Waals surface area contributed by atoms with Gasteiger partial charge in [0.05, 0.1) is 23.1 Å². The maximum absolute atomic E-state index is 2.66. The Balaban J connectivity index is 0.946. The molecule has 1 heterocycles. The average molecular weight is 783 g/mol. The van der Waals surface area contributed by atoms with Gasteiger partial charge in [0.2, 0.25) is 0 Å². The molecule has 0 saturated carbocycles. The highest BCUT2D eigenvalue weighted by Crippen LogP contribution is 2.39. The normalized spacial score (nSPS) is 17.4. The van der Waals surface area contributed by atoms with E-state index in [9.17, 15) is 0 Å². The summed E-state index contributed by atoms with van der Waals surface area (Å²) in [6.45, 7) is 2.38. The van der Waals surface area contributed by atoms with E-state index in [1.165, 1.54) is 88.5 Å². The molecule has 61 heavy (non-hydrogen) atoms. The number of hydrogen-bond acceptors (Lipinski definition) is 1. The lowest BCUT2D eigenvalue weighted by molar-refractivity contribution is 0.529. The van der Waals surface area contributed by atoms with E-state index in [-0.39, 0.29) is 18.0 Å². The molecule has 3 atom stereocenters. The molecule has 0 saturated heterocycles. The first-order valence-corrected chi connectivity index (χ1v) is 21.6. The summed E-state index contributed by atoms with van der Waals surface area (Å²) in [6, 6.07) is 71.1. The highest BCUT2D eigenvalue weighted by atomic mass is 15.2. The molecule has 0 bridgehead atoms. The number of para-hydroxylation sites is 2. The fourth-order valence-electron chi connectivity index (χ4n) is 9.81. The lowest BCUT2D eigenvalue weighted by Crippen LogP contribution is -2.45. The van der Waals surface area contributed by atoms with Crippen molar-refractivity contribution in [1.82, 2.24) is 4.57 Å². The SMILES string of the molecule is CC1C=C(c2cccc3ccccc23)C=CC1N(c1ccc(-c2ccccc2)cc1)C1C=C(c2cccc(-c3cccc(-n4c5ccccc5c5ccccc54)c3)c2)C=CC1. The lowest BCUT2D eigenvalue weighted by Gasteiger charge is -2.42. The minimum absolute atomic E-state index is 0.162. The fraction of sp³-hybridized carbons (Fsp3) is 0.0847. The van der Waals surface area contributed by atoms with E-state index in [4.69, 9.17) is 0 Å². The molecule has 292 valence electrons. The van der Waals surface area contributed by atoms with Gasteiger partial charge in [-0.1, -0.05) is 195 Å². The van der Waals surface area contributed by atoms with Crippen LogP contribution in [0.3, 0.4) is 0 Å². The molecular weight excluding hydrogens is 737 g/mol. The molecule has 0 spiro atoms. The topological polar surface area (TPSA) is 8.17 Å². The van der Waals surface area contributed by atoms with Crippen LogP contribution in [0.15, 0.2) is 231 Å². The summed E-state index contributed by atoms with van der Waals surface area (Å²) in [4.78, 5) is 2.66. The van der Waals surface area contributed by atoms with E-state index in [1.54, 1.807) is 0 Å². The maximum atomic E-state index is 2.66. The Kier molecular flexibility index (Phi) is 9.39. The molecule has 8 aromatic carbocycles. The van der Waals surface area contributed by atoms with E-state index in [0.29, 0.717) is 0 Å². The van der Waals surface area contributed by atoms with Crippen LogP contribution in [0.5, 0.6) is 0 Å². The van der Waals surface area contributed by atoms with Gasteiger partial charge in [-0.15, -0.1) is 0 Å². The summed E-state index contributed by atoms with van der Waals surface area (Å²) in [5.74, 6) is 0.278. The molecule has 2 aliphatic carbocycles.